The van der Waals surface area contributed by atoms with Gasteiger partial charge in [-0.1, -0.05) is 0 Å². The minimum Gasteiger partial charge on any atom is -0.462 e. The second kappa shape index (κ2) is 9.02. The predicted octanol–water partition coefficient (Wildman–Crippen LogP) is 0.838. The van der Waals surface area contributed by atoms with E-state index in [1.54, 1.807) is 6.92 Å². The Kier molecular flexibility index (Phi) is 6.69. The molecule has 1 N–H and O–H groups in total. The van der Waals surface area contributed by atoms with Crippen LogP contribution in [0.3, 0.4) is 0 Å². The maximum Gasteiger partial charge on any atom is 0.338 e. The summed E-state index contributed by atoms with van der Waals surface area (Å²) in [4.78, 5) is 26.2. The van der Waals surface area contributed by atoms with Crippen LogP contribution in [0.15, 0.2) is 29.2 Å². The molecule has 2 aliphatic heterocycles. The minimum absolute atomic E-state index is 0.0448. The third kappa shape index (κ3) is 4.53. The van der Waals surface area contributed by atoms with Crippen LogP contribution in [-0.4, -0.2) is 74.9 Å². The molecule has 0 radical (unpaired) electrons. The van der Waals surface area contributed by atoms with E-state index in [1.807, 2.05) is 0 Å². The summed E-state index contributed by atoms with van der Waals surface area (Å²) in [5.74, 6) is -0.426. The Hall–Kier alpha value is -1.97. The maximum absolute atomic E-state index is 12.9. The van der Waals surface area contributed by atoms with E-state index in [-0.39, 0.29) is 23.5 Å². The van der Waals surface area contributed by atoms with Crippen LogP contribution in [-0.2, 0) is 19.6 Å². The van der Waals surface area contributed by atoms with Gasteiger partial charge in [0.15, 0.2) is 0 Å². The van der Waals surface area contributed by atoms with Crippen molar-refractivity contribution < 1.29 is 22.7 Å². The van der Waals surface area contributed by atoms with E-state index in [0.717, 1.165) is 19.3 Å². The van der Waals surface area contributed by atoms with Gasteiger partial charge in [-0.15, -0.1) is 0 Å². The topological polar surface area (TPSA) is 96.0 Å². The van der Waals surface area contributed by atoms with E-state index < -0.39 is 16.0 Å². The van der Waals surface area contributed by atoms with Crippen LogP contribution >= 0.6 is 0 Å². The Morgan fingerprint density at radius 1 is 1.14 bits per heavy atom. The number of amides is 1. The summed E-state index contributed by atoms with van der Waals surface area (Å²) in [6, 6.07) is 5.64. The molecule has 2 saturated heterocycles. The highest BCUT2D eigenvalue weighted by Crippen LogP contribution is 2.21. The van der Waals surface area contributed by atoms with Gasteiger partial charge in [0.05, 0.1) is 23.1 Å². The third-order valence-corrected chi connectivity index (χ3v) is 7.14. The highest BCUT2D eigenvalue weighted by molar-refractivity contribution is 7.89. The van der Waals surface area contributed by atoms with E-state index >= 15 is 0 Å². The molecule has 2 heterocycles. The number of hydrogen-bond acceptors (Lipinski definition) is 6. The Balaban J connectivity index is 1.64. The minimum atomic E-state index is -3.64. The van der Waals surface area contributed by atoms with E-state index in [9.17, 15) is 18.0 Å². The summed E-state index contributed by atoms with van der Waals surface area (Å²) >= 11 is 0. The zero-order chi connectivity index (χ0) is 20.1. The number of benzene rings is 1. The molecule has 28 heavy (non-hydrogen) atoms. The van der Waals surface area contributed by atoms with Crippen LogP contribution in [0.2, 0.25) is 0 Å². The van der Waals surface area contributed by atoms with E-state index in [2.05, 4.69) is 10.2 Å². The number of esters is 1. The fraction of sp³-hybridized carbons (Fsp3) is 0.579. The van der Waals surface area contributed by atoms with Gasteiger partial charge in [0.2, 0.25) is 15.9 Å². The molecule has 0 spiro atoms. The van der Waals surface area contributed by atoms with Crippen molar-refractivity contribution in [3.8, 4) is 0 Å². The highest BCUT2D eigenvalue weighted by atomic mass is 32.2. The number of carbonyl (C=O) groups excluding carboxylic acids is 2. The van der Waals surface area contributed by atoms with Crippen molar-refractivity contribution in [2.75, 3.05) is 39.3 Å². The SMILES string of the molecule is CCOC(=O)c1ccc(S(=O)(=O)N2CCN([C@H]3CCCCNC3=O)CC2)cc1. The molecule has 8 nitrogen and oxygen atoms in total. The molecule has 1 aromatic carbocycles. The largest absolute Gasteiger partial charge is 0.462 e. The number of ether oxygens (including phenoxy) is 1. The molecule has 1 atom stereocenters. The summed E-state index contributed by atoms with van der Waals surface area (Å²) in [5, 5.41) is 2.93. The predicted molar refractivity (Wildman–Crippen MR) is 103 cm³/mol. The first-order chi connectivity index (χ1) is 13.4. The number of sulfonamides is 1. The molecule has 0 aromatic heterocycles. The molecule has 2 fully saturated rings. The lowest BCUT2D eigenvalue weighted by Gasteiger charge is -2.37. The number of piperazine rings is 1. The lowest BCUT2D eigenvalue weighted by atomic mass is 10.1. The quantitative estimate of drug-likeness (QED) is 0.724. The highest BCUT2D eigenvalue weighted by Gasteiger charge is 2.34. The van der Waals surface area contributed by atoms with Gasteiger partial charge >= 0.3 is 5.97 Å². The molecule has 0 bridgehead atoms. The van der Waals surface area contributed by atoms with Crippen LogP contribution < -0.4 is 5.32 Å². The normalized spacial score (nSPS) is 22.3. The first-order valence-corrected chi connectivity index (χ1v) is 11.2. The zero-order valence-corrected chi connectivity index (χ0v) is 16.9. The average molecular weight is 410 g/mol. The first-order valence-electron chi connectivity index (χ1n) is 9.72. The Labute approximate surface area is 165 Å². The van der Waals surface area contributed by atoms with E-state index in [4.69, 9.17) is 4.74 Å². The number of nitrogens with one attached hydrogen (secondary N) is 1. The monoisotopic (exact) mass is 409 g/mol. The van der Waals surface area contributed by atoms with Crippen LogP contribution in [0.25, 0.3) is 0 Å². The van der Waals surface area contributed by atoms with Crippen molar-refractivity contribution >= 4 is 21.9 Å². The van der Waals surface area contributed by atoms with E-state index in [0.29, 0.717) is 38.3 Å². The fourth-order valence-electron chi connectivity index (χ4n) is 3.65. The van der Waals surface area contributed by atoms with Crippen molar-refractivity contribution in [3.05, 3.63) is 29.8 Å². The van der Waals surface area contributed by atoms with Crippen LogP contribution in [0.5, 0.6) is 0 Å². The summed E-state index contributed by atoms with van der Waals surface area (Å²) < 4.78 is 32.2. The van der Waals surface area contributed by atoms with Crippen molar-refractivity contribution in [2.45, 2.75) is 37.1 Å². The van der Waals surface area contributed by atoms with Gasteiger partial charge < -0.3 is 10.1 Å². The van der Waals surface area contributed by atoms with Crippen LogP contribution in [0.1, 0.15) is 36.5 Å². The smallest absolute Gasteiger partial charge is 0.338 e. The molecular formula is C19H27N3O5S. The second-order valence-corrected chi connectivity index (χ2v) is 8.93. The molecule has 0 aliphatic carbocycles. The molecule has 1 amide bonds. The number of rotatable bonds is 5. The maximum atomic E-state index is 12.9. The van der Waals surface area contributed by atoms with Crippen LogP contribution in [0, 0.1) is 0 Å². The molecule has 0 saturated carbocycles. The Bertz CT molecular complexity index is 801. The molecular weight excluding hydrogens is 382 g/mol. The van der Waals surface area contributed by atoms with Gasteiger partial charge in [0, 0.05) is 32.7 Å². The van der Waals surface area contributed by atoms with Crippen molar-refractivity contribution in [3.63, 3.8) is 0 Å². The second-order valence-electron chi connectivity index (χ2n) is 6.99. The summed E-state index contributed by atoms with van der Waals surface area (Å²) in [7, 11) is -3.64. The van der Waals surface area contributed by atoms with Gasteiger partial charge in [-0.05, 0) is 50.5 Å². The summed E-state index contributed by atoms with van der Waals surface area (Å²) in [5.41, 5.74) is 0.324. The average Bonchev–Trinajstić information content (AvgIpc) is 2.92. The molecule has 154 valence electrons. The fourth-order valence-corrected chi connectivity index (χ4v) is 5.08. The Morgan fingerprint density at radius 3 is 2.46 bits per heavy atom. The number of carbonyl (C=O) groups is 2. The van der Waals surface area contributed by atoms with Crippen molar-refractivity contribution in [1.29, 1.82) is 0 Å². The zero-order valence-electron chi connectivity index (χ0n) is 16.1. The molecule has 9 heteroatoms. The number of hydrogen-bond donors (Lipinski definition) is 1. The third-order valence-electron chi connectivity index (χ3n) is 5.22. The number of nitrogens with zero attached hydrogens (tertiary/aromatic N) is 2. The van der Waals surface area contributed by atoms with Gasteiger partial charge in [-0.3, -0.25) is 9.69 Å². The van der Waals surface area contributed by atoms with E-state index in [1.165, 1.54) is 28.6 Å². The lowest BCUT2D eigenvalue weighted by Crippen LogP contribution is -2.55. The van der Waals surface area contributed by atoms with Crippen molar-refractivity contribution in [2.24, 2.45) is 0 Å². The molecule has 3 rings (SSSR count). The van der Waals surface area contributed by atoms with Gasteiger partial charge in [-0.25, -0.2) is 13.2 Å². The summed E-state index contributed by atoms with van der Waals surface area (Å²) in [6.07, 6.45) is 2.79. The van der Waals surface area contributed by atoms with Gasteiger partial charge in [0.25, 0.3) is 0 Å². The summed E-state index contributed by atoms with van der Waals surface area (Å²) in [6.45, 7) is 4.43. The standard InChI is InChI=1S/C19H27N3O5S/c1-2-27-19(24)15-6-8-16(9-7-15)28(25,26)22-13-11-21(12-14-22)17-5-3-4-10-20-18(17)23/h6-9,17H,2-5,10-14H2,1H3,(H,20,23)/t17-/m0/s1. The van der Waals surface area contributed by atoms with Crippen molar-refractivity contribution in [1.82, 2.24) is 14.5 Å². The van der Waals surface area contributed by atoms with Gasteiger partial charge in [0.1, 0.15) is 0 Å². The Morgan fingerprint density at radius 2 is 1.82 bits per heavy atom. The molecule has 1 aromatic rings. The van der Waals surface area contributed by atoms with Gasteiger partial charge in [-0.2, -0.15) is 4.31 Å². The molecule has 0 unspecified atom stereocenters. The molecule has 2 aliphatic rings. The first kappa shape index (κ1) is 20.8. The lowest BCUT2D eigenvalue weighted by molar-refractivity contribution is -0.126. The van der Waals surface area contributed by atoms with Crippen LogP contribution in [0.4, 0.5) is 0 Å².